The molecule has 1 fully saturated rings. The molecule has 0 radical (unpaired) electrons. The quantitative estimate of drug-likeness (QED) is 0.396. The summed E-state index contributed by atoms with van der Waals surface area (Å²) in [4.78, 5) is 12.5. The van der Waals surface area contributed by atoms with E-state index in [1.807, 2.05) is 0 Å². The van der Waals surface area contributed by atoms with Crippen LogP contribution in [0.2, 0.25) is 13.3 Å². The summed E-state index contributed by atoms with van der Waals surface area (Å²) in [6.45, 7) is 8.30. The molecule has 5 nitrogen and oxygen atoms in total. The van der Waals surface area contributed by atoms with Gasteiger partial charge in [0.25, 0.3) is 0 Å². The average Bonchev–Trinajstić information content (AvgIpc) is 2.98. The number of hydrogen-bond acceptors (Lipinski definition) is 3. The van der Waals surface area contributed by atoms with E-state index in [0.29, 0.717) is 26.1 Å². The van der Waals surface area contributed by atoms with E-state index >= 15 is 0 Å². The second-order valence-electron chi connectivity index (χ2n) is 8.12. The summed E-state index contributed by atoms with van der Waals surface area (Å²) in [5.74, 6) is 0. The standard InChI is InChI=1S/C7H13N2O3.3C4H9.Sn/c1-12-5-7(8)2-3-9(4-7)6(10)11;3*1-3-4-2;/h1-5,8H2,(H,10,11);3*1,3-4H2,2H3;/t7-;;;;/m0..../s1. The molecule has 1 saturated heterocycles. The molecule has 1 aliphatic rings. The van der Waals surface area contributed by atoms with Crippen LogP contribution in [0.4, 0.5) is 4.79 Å². The second kappa shape index (κ2) is 11.6. The first-order chi connectivity index (χ1) is 11.9. The van der Waals surface area contributed by atoms with Crippen LogP contribution in [0.15, 0.2) is 0 Å². The number of rotatable bonds is 13. The summed E-state index contributed by atoms with van der Waals surface area (Å²) >= 11 is -2.27. The molecule has 3 N–H and O–H groups in total. The Labute approximate surface area is 158 Å². The van der Waals surface area contributed by atoms with Gasteiger partial charge in [0.05, 0.1) is 0 Å². The Morgan fingerprint density at radius 2 is 1.64 bits per heavy atom. The molecule has 1 rings (SSSR count). The Kier molecular flexibility index (Phi) is 10.7. The van der Waals surface area contributed by atoms with Crippen molar-refractivity contribution in [3.05, 3.63) is 0 Å². The predicted octanol–water partition coefficient (Wildman–Crippen LogP) is 4.47. The van der Waals surface area contributed by atoms with Gasteiger partial charge in [-0.2, -0.15) is 0 Å². The molecule has 0 aromatic heterocycles. The van der Waals surface area contributed by atoms with Gasteiger partial charge in [0, 0.05) is 0 Å². The normalized spacial score (nSPS) is 21.0. The molecule has 0 aromatic carbocycles. The Morgan fingerprint density at radius 1 is 1.12 bits per heavy atom. The number of carboxylic acid groups (broad SMARTS) is 1. The monoisotopic (exact) mass is 464 g/mol. The summed E-state index contributed by atoms with van der Waals surface area (Å²) in [5, 5.41) is 9.13. The number of nitrogens with two attached hydrogens (primary N) is 1. The van der Waals surface area contributed by atoms with Gasteiger partial charge in [-0.25, -0.2) is 0 Å². The number of hydrogen-bond donors (Lipinski definition) is 2. The summed E-state index contributed by atoms with van der Waals surface area (Å²) in [7, 11) is 0. The van der Waals surface area contributed by atoms with E-state index in [1.165, 1.54) is 56.7 Å². The Hall–Kier alpha value is -0.0113. The number of likely N-dealkylation sites (tertiary alicyclic amines) is 1. The number of ether oxygens (including phenoxy) is 1. The molecule has 0 bridgehead atoms. The van der Waals surface area contributed by atoms with Crippen molar-refractivity contribution in [1.29, 1.82) is 0 Å². The Bertz CT molecular complexity index is 373. The SMILES string of the molecule is CCC[CH2][Sn]([CH2]CCC)([CH2]CCC)[CH2]OC[C@]1(N)CCN(C(=O)O)C1. The van der Waals surface area contributed by atoms with Crippen LogP contribution in [-0.4, -0.2) is 64.3 Å². The van der Waals surface area contributed by atoms with Crippen molar-refractivity contribution >= 4 is 24.5 Å². The van der Waals surface area contributed by atoms with Gasteiger partial charge in [-0.1, -0.05) is 0 Å². The van der Waals surface area contributed by atoms with Crippen LogP contribution in [0, 0.1) is 0 Å². The van der Waals surface area contributed by atoms with Crippen LogP contribution in [0.25, 0.3) is 0 Å². The van der Waals surface area contributed by atoms with Gasteiger partial charge in [-0.15, -0.1) is 0 Å². The fourth-order valence-corrected chi connectivity index (χ4v) is 18.2. The first-order valence-corrected chi connectivity index (χ1v) is 18.3. The molecule has 0 aromatic rings. The Morgan fingerprint density at radius 3 is 2.04 bits per heavy atom. The van der Waals surface area contributed by atoms with Crippen molar-refractivity contribution in [3.63, 3.8) is 0 Å². The van der Waals surface area contributed by atoms with E-state index in [4.69, 9.17) is 15.6 Å². The first kappa shape index (κ1) is 23.0. The summed E-state index contributed by atoms with van der Waals surface area (Å²) in [6, 6.07) is 0. The van der Waals surface area contributed by atoms with Gasteiger partial charge in [0.2, 0.25) is 0 Å². The molecule has 0 unspecified atom stereocenters. The van der Waals surface area contributed by atoms with E-state index in [0.717, 1.165) is 4.62 Å². The predicted molar refractivity (Wildman–Crippen MR) is 107 cm³/mol. The minimum atomic E-state index is -2.27. The van der Waals surface area contributed by atoms with E-state index in [2.05, 4.69) is 20.8 Å². The second-order valence-corrected chi connectivity index (χ2v) is 21.8. The van der Waals surface area contributed by atoms with Crippen LogP contribution >= 0.6 is 0 Å². The average molecular weight is 463 g/mol. The number of unbranched alkanes of at least 4 members (excludes halogenated alkanes) is 3. The minimum absolute atomic E-state index is 0.406. The van der Waals surface area contributed by atoms with Crippen molar-refractivity contribution in [1.82, 2.24) is 4.90 Å². The van der Waals surface area contributed by atoms with Crippen molar-refractivity contribution in [2.24, 2.45) is 5.73 Å². The summed E-state index contributed by atoms with van der Waals surface area (Å²) in [5.41, 5.74) is 5.92. The third-order valence-corrected chi connectivity index (χ3v) is 20.1. The Balaban J connectivity index is 2.61. The van der Waals surface area contributed by atoms with Gasteiger partial charge in [-0.3, -0.25) is 0 Å². The fraction of sp³-hybridized carbons (Fsp3) is 0.947. The summed E-state index contributed by atoms with van der Waals surface area (Å²) < 4.78 is 11.5. The maximum absolute atomic E-state index is 11.1. The molecule has 0 saturated carbocycles. The summed E-state index contributed by atoms with van der Waals surface area (Å²) in [6.07, 6.45) is 7.67. The van der Waals surface area contributed by atoms with Gasteiger partial charge in [0.15, 0.2) is 0 Å². The van der Waals surface area contributed by atoms with Gasteiger partial charge in [-0.05, 0) is 0 Å². The molecule has 0 aliphatic carbocycles. The maximum atomic E-state index is 11.1. The van der Waals surface area contributed by atoms with E-state index in [1.54, 1.807) is 0 Å². The van der Waals surface area contributed by atoms with Crippen LogP contribution in [0.1, 0.15) is 65.7 Å². The molecule has 25 heavy (non-hydrogen) atoms. The van der Waals surface area contributed by atoms with Crippen LogP contribution in [0.3, 0.4) is 0 Å². The zero-order valence-corrected chi connectivity index (χ0v) is 19.5. The van der Waals surface area contributed by atoms with Gasteiger partial charge < -0.3 is 0 Å². The molecule has 148 valence electrons. The topological polar surface area (TPSA) is 75.8 Å². The van der Waals surface area contributed by atoms with Crippen molar-refractivity contribution in [2.45, 2.75) is 84.6 Å². The molecule has 6 heteroatoms. The third kappa shape index (κ3) is 8.04. The number of amides is 1. The van der Waals surface area contributed by atoms with Crippen molar-refractivity contribution < 1.29 is 14.6 Å². The fourth-order valence-electron chi connectivity index (χ4n) is 3.89. The van der Waals surface area contributed by atoms with E-state index in [-0.39, 0.29) is 0 Å². The van der Waals surface area contributed by atoms with Crippen LogP contribution < -0.4 is 5.73 Å². The molecular formula is C19H40N2O3Sn. The molecular weight excluding hydrogens is 423 g/mol. The van der Waals surface area contributed by atoms with Crippen molar-refractivity contribution in [2.75, 3.05) is 24.3 Å². The molecule has 0 spiro atoms. The van der Waals surface area contributed by atoms with Crippen LogP contribution in [0.5, 0.6) is 0 Å². The third-order valence-electron chi connectivity index (χ3n) is 5.64. The van der Waals surface area contributed by atoms with Crippen LogP contribution in [-0.2, 0) is 4.74 Å². The van der Waals surface area contributed by atoms with E-state index < -0.39 is 30.0 Å². The first-order valence-electron chi connectivity index (χ1n) is 10.2. The molecule has 1 amide bonds. The molecule has 1 aliphatic heterocycles. The van der Waals surface area contributed by atoms with Crippen molar-refractivity contribution in [3.8, 4) is 0 Å². The molecule has 1 heterocycles. The zero-order valence-electron chi connectivity index (χ0n) is 16.7. The van der Waals surface area contributed by atoms with Gasteiger partial charge in [0.1, 0.15) is 0 Å². The zero-order chi connectivity index (χ0) is 18.8. The van der Waals surface area contributed by atoms with E-state index in [9.17, 15) is 4.79 Å². The number of carbonyl (C=O) groups is 1. The van der Waals surface area contributed by atoms with Gasteiger partial charge >= 0.3 is 159 Å². The molecule has 1 atom stereocenters. The number of nitrogens with zero attached hydrogens (tertiary/aromatic N) is 1.